The first-order chi connectivity index (χ1) is 11.8. The number of hydrogen-bond acceptors (Lipinski definition) is 5. The molecule has 8 heteroatoms. The predicted molar refractivity (Wildman–Crippen MR) is 91.4 cm³/mol. The third-order valence-corrected chi connectivity index (χ3v) is 3.69. The molecule has 25 heavy (non-hydrogen) atoms. The number of nitro groups is 1. The van der Waals surface area contributed by atoms with Crippen LogP contribution in [0, 0.1) is 10.1 Å². The van der Waals surface area contributed by atoms with Crippen LogP contribution in [-0.4, -0.2) is 35.8 Å². The predicted octanol–water partition coefficient (Wildman–Crippen LogP) is 3.23. The number of ether oxygens (including phenoxy) is 1. The molecule has 130 valence electrons. The van der Waals surface area contributed by atoms with E-state index >= 15 is 0 Å². The quantitative estimate of drug-likeness (QED) is 0.462. The zero-order valence-electron chi connectivity index (χ0n) is 13.5. The molecule has 0 N–H and O–H groups in total. The van der Waals surface area contributed by atoms with Crippen LogP contribution in [0.4, 0.5) is 5.69 Å². The topological polar surface area (TPSA) is 89.8 Å². The summed E-state index contributed by atoms with van der Waals surface area (Å²) in [5.74, 6) is -1.29. The van der Waals surface area contributed by atoms with Crippen molar-refractivity contribution in [3.8, 4) is 0 Å². The zero-order valence-corrected chi connectivity index (χ0v) is 14.3. The van der Waals surface area contributed by atoms with Crippen molar-refractivity contribution in [2.24, 2.45) is 0 Å². The third kappa shape index (κ3) is 4.33. The van der Waals surface area contributed by atoms with Crippen molar-refractivity contribution < 1.29 is 19.2 Å². The molecule has 2 aromatic rings. The van der Waals surface area contributed by atoms with Gasteiger partial charge in [0.2, 0.25) is 6.10 Å². The smallest absolute Gasteiger partial charge is 0.339 e. The Morgan fingerprint density at radius 2 is 1.80 bits per heavy atom. The molecule has 7 nitrogen and oxygen atoms in total. The highest BCUT2D eigenvalue weighted by Gasteiger charge is 2.28. The Morgan fingerprint density at radius 1 is 1.16 bits per heavy atom. The maximum atomic E-state index is 12.4. The van der Waals surface area contributed by atoms with Crippen LogP contribution in [0.2, 0.25) is 5.02 Å². The molecule has 1 atom stereocenters. The van der Waals surface area contributed by atoms with E-state index in [-0.39, 0.29) is 10.6 Å². The van der Waals surface area contributed by atoms with Gasteiger partial charge in [0.25, 0.3) is 11.6 Å². The molecule has 0 heterocycles. The van der Waals surface area contributed by atoms with Crippen LogP contribution in [-0.2, 0) is 9.53 Å². The molecule has 2 rings (SSSR count). The first kappa shape index (κ1) is 18.4. The maximum Gasteiger partial charge on any atom is 0.339 e. The second-order valence-electron chi connectivity index (χ2n) is 5.35. The first-order valence-electron chi connectivity index (χ1n) is 7.22. The van der Waals surface area contributed by atoms with Crippen LogP contribution in [0.25, 0.3) is 0 Å². The molecule has 0 aliphatic rings. The Hall–Kier alpha value is -2.93. The van der Waals surface area contributed by atoms with Crippen molar-refractivity contribution in [2.75, 3.05) is 14.1 Å². The molecule has 0 fully saturated rings. The number of nitrogens with zero attached hydrogens (tertiary/aromatic N) is 2. The average Bonchev–Trinajstić information content (AvgIpc) is 2.59. The second kappa shape index (κ2) is 7.76. The van der Waals surface area contributed by atoms with Crippen molar-refractivity contribution in [2.45, 2.75) is 6.10 Å². The molecule has 0 bridgehead atoms. The maximum absolute atomic E-state index is 12.4. The van der Waals surface area contributed by atoms with Gasteiger partial charge in [-0.15, -0.1) is 0 Å². The van der Waals surface area contributed by atoms with E-state index in [1.807, 2.05) is 0 Å². The largest absolute Gasteiger partial charge is 0.444 e. The summed E-state index contributed by atoms with van der Waals surface area (Å²) >= 11 is 5.73. The Morgan fingerprint density at radius 3 is 2.36 bits per heavy atom. The van der Waals surface area contributed by atoms with E-state index in [4.69, 9.17) is 16.3 Å². The minimum atomic E-state index is -1.15. The number of nitro benzene ring substituents is 1. The Balaban J connectivity index is 2.33. The van der Waals surface area contributed by atoms with Gasteiger partial charge < -0.3 is 9.64 Å². The molecule has 2 aromatic carbocycles. The summed E-state index contributed by atoms with van der Waals surface area (Å²) in [6, 6.07) is 12.1. The zero-order chi connectivity index (χ0) is 18.6. The molecular weight excluding hydrogens is 348 g/mol. The van der Waals surface area contributed by atoms with E-state index in [0.717, 1.165) is 6.07 Å². The number of rotatable bonds is 5. The van der Waals surface area contributed by atoms with Gasteiger partial charge in [-0.2, -0.15) is 0 Å². The van der Waals surface area contributed by atoms with Gasteiger partial charge in [0.05, 0.1) is 10.5 Å². The fourth-order valence-corrected chi connectivity index (χ4v) is 2.26. The monoisotopic (exact) mass is 362 g/mol. The summed E-state index contributed by atoms with van der Waals surface area (Å²) in [7, 11) is 3.08. The van der Waals surface area contributed by atoms with E-state index in [1.165, 1.54) is 17.0 Å². The minimum absolute atomic E-state index is 0.0661. The van der Waals surface area contributed by atoms with Gasteiger partial charge in [-0.1, -0.05) is 41.9 Å². The lowest BCUT2D eigenvalue weighted by molar-refractivity contribution is -0.384. The lowest BCUT2D eigenvalue weighted by Crippen LogP contribution is -2.31. The SMILES string of the molecule is CN(C)C(=O)[C@@H](OC(=O)c1ccc(Cl)c([N+](=O)[O-])c1)c1ccccc1. The summed E-state index contributed by atoms with van der Waals surface area (Å²) in [5.41, 5.74) is 0.0212. The summed E-state index contributed by atoms with van der Waals surface area (Å²) in [5, 5.41) is 10.9. The molecule has 0 aliphatic heterocycles. The van der Waals surface area contributed by atoms with Crippen LogP contribution in [0.5, 0.6) is 0 Å². The molecule has 0 saturated carbocycles. The van der Waals surface area contributed by atoms with Gasteiger partial charge in [0.15, 0.2) is 0 Å². The van der Waals surface area contributed by atoms with E-state index < -0.39 is 28.6 Å². The lowest BCUT2D eigenvalue weighted by Gasteiger charge is -2.21. The summed E-state index contributed by atoms with van der Waals surface area (Å²) in [4.78, 5) is 36.3. The number of likely N-dealkylation sites (N-methyl/N-ethyl adjacent to an activating group) is 1. The molecule has 1 amide bonds. The fourth-order valence-electron chi connectivity index (χ4n) is 2.08. The fraction of sp³-hybridized carbons (Fsp3) is 0.176. The van der Waals surface area contributed by atoms with Crippen molar-refractivity contribution >= 4 is 29.2 Å². The van der Waals surface area contributed by atoms with Crippen LogP contribution in [0.1, 0.15) is 22.0 Å². The second-order valence-corrected chi connectivity index (χ2v) is 5.76. The molecule has 0 aromatic heterocycles. The van der Waals surface area contributed by atoms with E-state index in [0.29, 0.717) is 5.56 Å². The first-order valence-corrected chi connectivity index (χ1v) is 7.60. The molecule has 0 aliphatic carbocycles. The highest BCUT2D eigenvalue weighted by molar-refractivity contribution is 6.32. The van der Waals surface area contributed by atoms with Crippen molar-refractivity contribution in [1.29, 1.82) is 0 Å². The van der Waals surface area contributed by atoms with Gasteiger partial charge in [-0.05, 0) is 12.1 Å². The molecular formula is C17H15ClN2O5. The standard InChI is InChI=1S/C17H15ClN2O5/c1-19(2)16(21)15(11-6-4-3-5-7-11)25-17(22)12-8-9-13(18)14(10-12)20(23)24/h3-10,15H,1-2H3/t15-/m0/s1. The molecule has 0 radical (unpaired) electrons. The van der Waals surface area contributed by atoms with E-state index in [9.17, 15) is 19.7 Å². The van der Waals surface area contributed by atoms with E-state index in [1.54, 1.807) is 44.4 Å². The highest BCUT2D eigenvalue weighted by atomic mass is 35.5. The molecule has 0 unspecified atom stereocenters. The highest BCUT2D eigenvalue weighted by Crippen LogP contribution is 2.27. The number of carbonyl (C=O) groups excluding carboxylic acids is 2. The van der Waals surface area contributed by atoms with Crippen LogP contribution >= 0.6 is 11.6 Å². The third-order valence-electron chi connectivity index (χ3n) is 3.37. The minimum Gasteiger partial charge on any atom is -0.444 e. The number of carbonyl (C=O) groups is 2. The van der Waals surface area contributed by atoms with Gasteiger partial charge in [0.1, 0.15) is 5.02 Å². The van der Waals surface area contributed by atoms with Gasteiger partial charge in [-0.3, -0.25) is 14.9 Å². The van der Waals surface area contributed by atoms with Gasteiger partial charge >= 0.3 is 5.97 Å². The number of esters is 1. The Labute approximate surface area is 148 Å². The van der Waals surface area contributed by atoms with Crippen molar-refractivity contribution in [3.63, 3.8) is 0 Å². The van der Waals surface area contributed by atoms with Crippen LogP contribution in [0.15, 0.2) is 48.5 Å². The number of benzene rings is 2. The normalized spacial score (nSPS) is 11.5. The Kier molecular flexibility index (Phi) is 5.71. The number of halogens is 1. The molecule has 0 spiro atoms. The number of hydrogen-bond donors (Lipinski definition) is 0. The summed E-state index contributed by atoms with van der Waals surface area (Å²) in [6.07, 6.45) is -1.15. The van der Waals surface area contributed by atoms with Crippen molar-refractivity contribution in [1.82, 2.24) is 4.90 Å². The average molecular weight is 363 g/mol. The van der Waals surface area contributed by atoms with Gasteiger partial charge in [-0.25, -0.2) is 4.79 Å². The lowest BCUT2D eigenvalue weighted by atomic mass is 10.1. The summed E-state index contributed by atoms with van der Waals surface area (Å²) < 4.78 is 5.32. The van der Waals surface area contributed by atoms with E-state index in [2.05, 4.69) is 0 Å². The summed E-state index contributed by atoms with van der Waals surface area (Å²) in [6.45, 7) is 0. The van der Waals surface area contributed by atoms with Gasteiger partial charge in [0, 0.05) is 25.7 Å². The van der Waals surface area contributed by atoms with Crippen LogP contribution < -0.4 is 0 Å². The number of amides is 1. The molecule has 0 saturated heterocycles. The van der Waals surface area contributed by atoms with Crippen LogP contribution in [0.3, 0.4) is 0 Å². The van der Waals surface area contributed by atoms with Crippen molar-refractivity contribution in [3.05, 3.63) is 74.8 Å². The Bertz CT molecular complexity index is 808.